The Balaban J connectivity index is 1.83. The van der Waals surface area contributed by atoms with Gasteiger partial charge in [-0.25, -0.2) is 4.90 Å². The van der Waals surface area contributed by atoms with Crippen LogP contribution in [0.4, 0.5) is 11.4 Å². The number of nitrogens with one attached hydrogen (secondary N) is 1. The molecule has 1 heterocycles. The van der Waals surface area contributed by atoms with Crippen molar-refractivity contribution in [3.8, 4) is 17.2 Å². The van der Waals surface area contributed by atoms with E-state index in [0.29, 0.717) is 34.2 Å². The van der Waals surface area contributed by atoms with Crippen LogP contribution in [0.1, 0.15) is 5.56 Å². The number of para-hydroxylation sites is 2. The van der Waals surface area contributed by atoms with E-state index in [1.807, 2.05) is 0 Å². The summed E-state index contributed by atoms with van der Waals surface area (Å²) in [5.41, 5.74) is 2.00. The van der Waals surface area contributed by atoms with Gasteiger partial charge in [0.15, 0.2) is 0 Å². The number of hydrogen-bond donors (Lipinski definition) is 1. The van der Waals surface area contributed by atoms with Crippen molar-refractivity contribution in [2.24, 2.45) is 0 Å². The SMILES string of the molecule is COc1ccc(C2=C(Nc3cccc(OC)c3)C(=O)N(c3ccccc3OC)C2=O)cc1. The van der Waals surface area contributed by atoms with Crippen LogP contribution in [0.3, 0.4) is 0 Å². The van der Waals surface area contributed by atoms with Crippen LogP contribution in [-0.2, 0) is 9.59 Å². The molecule has 4 rings (SSSR count). The molecule has 1 aliphatic rings. The molecule has 7 heteroatoms. The van der Waals surface area contributed by atoms with Gasteiger partial charge in [0.1, 0.15) is 22.9 Å². The van der Waals surface area contributed by atoms with Crippen LogP contribution in [-0.4, -0.2) is 33.1 Å². The summed E-state index contributed by atoms with van der Waals surface area (Å²) in [6.07, 6.45) is 0. The van der Waals surface area contributed by atoms with Crippen LogP contribution < -0.4 is 24.4 Å². The highest BCUT2D eigenvalue weighted by Crippen LogP contribution is 2.38. The molecule has 0 aliphatic carbocycles. The molecule has 0 saturated carbocycles. The van der Waals surface area contributed by atoms with Gasteiger partial charge in [-0.2, -0.15) is 0 Å². The Labute approximate surface area is 185 Å². The van der Waals surface area contributed by atoms with Crippen LogP contribution in [0.15, 0.2) is 78.5 Å². The summed E-state index contributed by atoms with van der Waals surface area (Å²) in [5, 5.41) is 3.13. The minimum atomic E-state index is -0.479. The number of hydrogen-bond acceptors (Lipinski definition) is 6. The summed E-state index contributed by atoms with van der Waals surface area (Å²) >= 11 is 0. The van der Waals surface area contributed by atoms with Gasteiger partial charge in [0.05, 0.1) is 32.6 Å². The number of nitrogens with zero attached hydrogens (tertiary/aromatic N) is 1. The molecule has 0 bridgehead atoms. The summed E-state index contributed by atoms with van der Waals surface area (Å²) in [5.74, 6) is 0.768. The van der Waals surface area contributed by atoms with E-state index in [-0.39, 0.29) is 11.3 Å². The van der Waals surface area contributed by atoms with Gasteiger partial charge in [0.25, 0.3) is 11.8 Å². The number of rotatable bonds is 7. The molecule has 3 aromatic rings. The van der Waals surface area contributed by atoms with Crippen LogP contribution in [0, 0.1) is 0 Å². The average molecular weight is 430 g/mol. The van der Waals surface area contributed by atoms with Gasteiger partial charge < -0.3 is 19.5 Å². The molecule has 0 unspecified atom stereocenters. The summed E-state index contributed by atoms with van der Waals surface area (Å²) in [4.78, 5) is 28.2. The maximum Gasteiger partial charge on any atom is 0.282 e. The summed E-state index contributed by atoms with van der Waals surface area (Å²) < 4.78 is 15.9. The van der Waals surface area contributed by atoms with Crippen LogP contribution >= 0.6 is 0 Å². The van der Waals surface area contributed by atoms with E-state index in [0.717, 1.165) is 4.90 Å². The van der Waals surface area contributed by atoms with Gasteiger partial charge in [-0.1, -0.05) is 30.3 Å². The van der Waals surface area contributed by atoms with Crippen molar-refractivity contribution < 1.29 is 23.8 Å². The lowest BCUT2D eigenvalue weighted by Gasteiger charge is -2.18. The Hall–Kier alpha value is -4.26. The van der Waals surface area contributed by atoms with Gasteiger partial charge in [0.2, 0.25) is 0 Å². The molecule has 3 aromatic carbocycles. The van der Waals surface area contributed by atoms with E-state index in [4.69, 9.17) is 14.2 Å². The predicted octanol–water partition coefficient (Wildman–Crippen LogP) is 4.11. The van der Waals surface area contributed by atoms with E-state index < -0.39 is 11.8 Å². The zero-order valence-electron chi connectivity index (χ0n) is 17.9. The molecule has 32 heavy (non-hydrogen) atoms. The lowest BCUT2D eigenvalue weighted by molar-refractivity contribution is -0.120. The van der Waals surface area contributed by atoms with Crippen LogP contribution in [0.5, 0.6) is 17.2 Å². The summed E-state index contributed by atoms with van der Waals surface area (Å²) in [6.45, 7) is 0. The van der Waals surface area contributed by atoms with Gasteiger partial charge >= 0.3 is 0 Å². The number of carbonyl (C=O) groups is 2. The second-order valence-electron chi connectivity index (χ2n) is 6.95. The van der Waals surface area contributed by atoms with Crippen molar-refractivity contribution in [1.29, 1.82) is 0 Å². The first-order chi connectivity index (χ1) is 15.6. The number of carbonyl (C=O) groups excluding carboxylic acids is 2. The quantitative estimate of drug-likeness (QED) is 0.569. The third-order valence-corrected chi connectivity index (χ3v) is 5.13. The first kappa shape index (κ1) is 21.0. The number of methoxy groups -OCH3 is 3. The maximum atomic E-state index is 13.6. The molecule has 1 aliphatic heterocycles. The molecular formula is C25H22N2O5. The predicted molar refractivity (Wildman–Crippen MR) is 122 cm³/mol. The largest absolute Gasteiger partial charge is 0.497 e. The van der Waals surface area contributed by atoms with Gasteiger partial charge in [-0.05, 0) is 42.0 Å². The number of benzene rings is 3. The van der Waals surface area contributed by atoms with Crippen molar-refractivity contribution in [3.63, 3.8) is 0 Å². The summed E-state index contributed by atoms with van der Waals surface area (Å²) in [6, 6.07) is 21.0. The zero-order valence-corrected chi connectivity index (χ0v) is 17.9. The Morgan fingerprint density at radius 3 is 2.12 bits per heavy atom. The molecular weight excluding hydrogens is 408 g/mol. The second-order valence-corrected chi connectivity index (χ2v) is 6.95. The third-order valence-electron chi connectivity index (χ3n) is 5.13. The minimum absolute atomic E-state index is 0.166. The highest BCUT2D eigenvalue weighted by atomic mass is 16.5. The molecule has 7 nitrogen and oxygen atoms in total. The molecule has 162 valence electrons. The molecule has 0 saturated heterocycles. The molecule has 0 radical (unpaired) electrons. The lowest BCUT2D eigenvalue weighted by Crippen LogP contribution is -2.32. The van der Waals surface area contributed by atoms with E-state index >= 15 is 0 Å². The molecule has 0 aromatic heterocycles. The fraction of sp³-hybridized carbons (Fsp3) is 0.120. The normalized spacial score (nSPS) is 13.4. The standard InChI is InChI=1S/C25H22N2O5/c1-30-18-13-11-16(12-14-18)22-23(26-17-7-6-8-19(15-17)31-2)25(29)27(24(22)28)20-9-4-5-10-21(20)32-3/h4-15,26H,1-3H3. The molecule has 1 N–H and O–H groups in total. The van der Waals surface area contributed by atoms with Crippen molar-refractivity contribution in [1.82, 2.24) is 0 Å². The van der Waals surface area contributed by atoms with Crippen LogP contribution in [0.25, 0.3) is 5.57 Å². The van der Waals surface area contributed by atoms with Crippen LogP contribution in [0.2, 0.25) is 0 Å². The van der Waals surface area contributed by atoms with E-state index in [1.54, 1.807) is 87.0 Å². The lowest BCUT2D eigenvalue weighted by atomic mass is 10.0. The molecule has 0 atom stereocenters. The Bertz CT molecular complexity index is 1200. The second kappa shape index (κ2) is 8.85. The van der Waals surface area contributed by atoms with Gasteiger partial charge in [0, 0.05) is 11.8 Å². The molecule has 0 spiro atoms. The van der Waals surface area contributed by atoms with Crippen molar-refractivity contribution in [2.45, 2.75) is 0 Å². The van der Waals surface area contributed by atoms with Crippen molar-refractivity contribution >= 4 is 28.8 Å². The fourth-order valence-corrected chi connectivity index (χ4v) is 3.55. The van der Waals surface area contributed by atoms with E-state index in [9.17, 15) is 9.59 Å². The fourth-order valence-electron chi connectivity index (χ4n) is 3.55. The highest BCUT2D eigenvalue weighted by molar-refractivity contribution is 6.46. The topological polar surface area (TPSA) is 77.1 Å². The Morgan fingerprint density at radius 2 is 1.44 bits per heavy atom. The smallest absolute Gasteiger partial charge is 0.282 e. The van der Waals surface area contributed by atoms with Crippen molar-refractivity contribution in [3.05, 3.63) is 84.1 Å². The maximum absolute atomic E-state index is 13.6. The molecule has 0 fully saturated rings. The number of imide groups is 1. The van der Waals surface area contributed by atoms with Gasteiger partial charge in [-0.3, -0.25) is 9.59 Å². The van der Waals surface area contributed by atoms with E-state index in [1.165, 1.54) is 7.11 Å². The first-order valence-corrected chi connectivity index (χ1v) is 9.89. The summed E-state index contributed by atoms with van der Waals surface area (Å²) in [7, 11) is 4.63. The highest BCUT2D eigenvalue weighted by Gasteiger charge is 2.41. The zero-order chi connectivity index (χ0) is 22.7. The monoisotopic (exact) mass is 430 g/mol. The number of ether oxygens (including phenoxy) is 3. The average Bonchev–Trinajstić information content (AvgIpc) is 3.08. The minimum Gasteiger partial charge on any atom is -0.497 e. The Morgan fingerprint density at radius 1 is 0.719 bits per heavy atom. The first-order valence-electron chi connectivity index (χ1n) is 9.89. The number of amides is 2. The third kappa shape index (κ3) is 3.76. The Kier molecular flexibility index (Phi) is 5.81. The molecule has 2 amide bonds. The van der Waals surface area contributed by atoms with Crippen molar-refractivity contribution in [2.75, 3.05) is 31.5 Å². The van der Waals surface area contributed by atoms with Gasteiger partial charge in [-0.15, -0.1) is 0 Å². The van der Waals surface area contributed by atoms with E-state index in [2.05, 4.69) is 5.32 Å². The number of anilines is 2.